The molecule has 0 aromatic heterocycles. The molecule has 2 rings (SSSR count). The standard InChI is InChI=1S/C15H21FN2S/c1-10(2)18(8-11-3-4-11)9-12-5-6-14(16)13(7-12)15(17)19/h5-7,10-11H,3-4,8-9H2,1-2H3,(H2,17,19). The number of rotatable bonds is 6. The zero-order valence-electron chi connectivity index (χ0n) is 11.5. The van der Waals surface area contributed by atoms with Gasteiger partial charge in [-0.15, -0.1) is 0 Å². The Morgan fingerprint density at radius 3 is 2.68 bits per heavy atom. The first-order chi connectivity index (χ1) is 8.97. The predicted octanol–water partition coefficient (Wildman–Crippen LogP) is 3.08. The van der Waals surface area contributed by atoms with Crippen molar-refractivity contribution in [3.05, 3.63) is 35.1 Å². The van der Waals surface area contributed by atoms with Gasteiger partial charge in [0.2, 0.25) is 0 Å². The average molecular weight is 280 g/mol. The van der Waals surface area contributed by atoms with Gasteiger partial charge in [0.05, 0.1) is 0 Å². The monoisotopic (exact) mass is 280 g/mol. The summed E-state index contributed by atoms with van der Waals surface area (Å²) in [5.74, 6) is 0.507. The van der Waals surface area contributed by atoms with Gasteiger partial charge in [-0.05, 0) is 50.3 Å². The molecular weight excluding hydrogens is 259 g/mol. The first-order valence-corrected chi connectivity index (χ1v) is 7.20. The molecule has 0 radical (unpaired) electrons. The molecule has 0 unspecified atom stereocenters. The molecule has 1 aliphatic carbocycles. The molecule has 2 N–H and O–H groups in total. The summed E-state index contributed by atoms with van der Waals surface area (Å²) in [5.41, 5.74) is 6.96. The van der Waals surface area contributed by atoms with Crippen LogP contribution < -0.4 is 5.73 Å². The smallest absolute Gasteiger partial charge is 0.133 e. The van der Waals surface area contributed by atoms with Crippen LogP contribution in [-0.4, -0.2) is 22.5 Å². The van der Waals surface area contributed by atoms with Crippen LogP contribution in [0, 0.1) is 11.7 Å². The Hall–Kier alpha value is -1.00. The molecule has 0 aliphatic heterocycles. The number of benzene rings is 1. The van der Waals surface area contributed by atoms with Crippen molar-refractivity contribution in [2.75, 3.05) is 6.54 Å². The molecular formula is C15H21FN2S. The van der Waals surface area contributed by atoms with Crippen molar-refractivity contribution >= 4 is 17.2 Å². The van der Waals surface area contributed by atoms with Gasteiger partial charge in [-0.25, -0.2) is 4.39 Å². The van der Waals surface area contributed by atoms with E-state index < -0.39 is 0 Å². The van der Waals surface area contributed by atoms with Crippen LogP contribution >= 0.6 is 12.2 Å². The summed E-state index contributed by atoms with van der Waals surface area (Å²) in [7, 11) is 0. The van der Waals surface area contributed by atoms with Crippen molar-refractivity contribution in [1.82, 2.24) is 4.90 Å². The van der Waals surface area contributed by atoms with E-state index in [0.717, 1.165) is 24.6 Å². The fraction of sp³-hybridized carbons (Fsp3) is 0.533. The molecule has 19 heavy (non-hydrogen) atoms. The third-order valence-corrected chi connectivity index (χ3v) is 3.82. The van der Waals surface area contributed by atoms with E-state index in [0.29, 0.717) is 11.6 Å². The quantitative estimate of drug-likeness (QED) is 0.812. The summed E-state index contributed by atoms with van der Waals surface area (Å²) in [6.45, 7) is 6.34. The summed E-state index contributed by atoms with van der Waals surface area (Å²) < 4.78 is 13.6. The normalized spacial score (nSPS) is 15.2. The number of thiocarbonyl (C=S) groups is 1. The minimum absolute atomic E-state index is 0.123. The van der Waals surface area contributed by atoms with Crippen LogP contribution in [-0.2, 0) is 6.54 Å². The minimum Gasteiger partial charge on any atom is -0.389 e. The van der Waals surface area contributed by atoms with E-state index in [-0.39, 0.29) is 10.8 Å². The van der Waals surface area contributed by atoms with Gasteiger partial charge in [0.25, 0.3) is 0 Å². The van der Waals surface area contributed by atoms with E-state index in [4.69, 9.17) is 18.0 Å². The zero-order valence-corrected chi connectivity index (χ0v) is 12.3. The number of hydrogen-bond acceptors (Lipinski definition) is 2. The maximum atomic E-state index is 13.6. The van der Waals surface area contributed by atoms with Crippen LogP contribution in [0.2, 0.25) is 0 Å². The van der Waals surface area contributed by atoms with Gasteiger partial charge in [0.15, 0.2) is 0 Å². The molecule has 0 atom stereocenters. The highest BCUT2D eigenvalue weighted by molar-refractivity contribution is 7.80. The van der Waals surface area contributed by atoms with Crippen LogP contribution in [0.25, 0.3) is 0 Å². The van der Waals surface area contributed by atoms with Crippen molar-refractivity contribution in [3.8, 4) is 0 Å². The van der Waals surface area contributed by atoms with E-state index >= 15 is 0 Å². The molecule has 0 heterocycles. The largest absolute Gasteiger partial charge is 0.389 e. The first kappa shape index (κ1) is 14.4. The van der Waals surface area contributed by atoms with Crippen molar-refractivity contribution in [2.24, 2.45) is 11.7 Å². The fourth-order valence-electron chi connectivity index (χ4n) is 2.18. The number of nitrogens with two attached hydrogens (primary N) is 1. The molecule has 0 spiro atoms. The number of halogens is 1. The highest BCUT2D eigenvalue weighted by Gasteiger charge is 2.25. The van der Waals surface area contributed by atoms with Crippen LogP contribution in [0.5, 0.6) is 0 Å². The Kier molecular flexibility index (Phi) is 4.53. The van der Waals surface area contributed by atoms with Crippen molar-refractivity contribution in [2.45, 2.75) is 39.3 Å². The van der Waals surface area contributed by atoms with Gasteiger partial charge in [-0.2, -0.15) is 0 Å². The molecule has 0 amide bonds. The second kappa shape index (κ2) is 5.97. The van der Waals surface area contributed by atoms with Gasteiger partial charge in [0.1, 0.15) is 10.8 Å². The first-order valence-electron chi connectivity index (χ1n) is 6.79. The Morgan fingerprint density at radius 1 is 1.47 bits per heavy atom. The molecule has 1 saturated carbocycles. The van der Waals surface area contributed by atoms with E-state index in [9.17, 15) is 4.39 Å². The summed E-state index contributed by atoms with van der Waals surface area (Å²) in [6.07, 6.45) is 2.68. The van der Waals surface area contributed by atoms with Crippen LogP contribution in [0.1, 0.15) is 37.8 Å². The second-order valence-corrected chi connectivity index (χ2v) is 6.08. The van der Waals surface area contributed by atoms with Gasteiger partial charge < -0.3 is 5.73 Å². The number of nitrogens with zero attached hydrogens (tertiary/aromatic N) is 1. The van der Waals surface area contributed by atoms with E-state index in [1.807, 2.05) is 6.07 Å². The number of hydrogen-bond donors (Lipinski definition) is 1. The summed E-state index contributed by atoms with van der Waals surface area (Å²) >= 11 is 4.88. The minimum atomic E-state index is -0.338. The third kappa shape index (κ3) is 3.98. The maximum Gasteiger partial charge on any atom is 0.133 e. The Morgan fingerprint density at radius 2 is 2.16 bits per heavy atom. The second-order valence-electron chi connectivity index (χ2n) is 5.65. The summed E-state index contributed by atoms with van der Waals surface area (Å²) in [6, 6.07) is 5.54. The van der Waals surface area contributed by atoms with Gasteiger partial charge >= 0.3 is 0 Å². The van der Waals surface area contributed by atoms with Gasteiger partial charge in [0, 0.05) is 24.7 Å². The molecule has 0 saturated heterocycles. The fourth-order valence-corrected chi connectivity index (χ4v) is 2.34. The van der Waals surface area contributed by atoms with Crippen LogP contribution in [0.15, 0.2) is 18.2 Å². The SMILES string of the molecule is CC(C)N(Cc1ccc(F)c(C(N)=S)c1)CC1CC1. The molecule has 0 bridgehead atoms. The van der Waals surface area contributed by atoms with Gasteiger partial charge in [-0.1, -0.05) is 18.3 Å². The third-order valence-electron chi connectivity index (χ3n) is 3.60. The van der Waals surface area contributed by atoms with Crippen LogP contribution in [0.3, 0.4) is 0 Å². The molecule has 1 aliphatic rings. The maximum absolute atomic E-state index is 13.6. The highest BCUT2D eigenvalue weighted by Crippen LogP contribution is 2.30. The molecule has 1 fully saturated rings. The van der Waals surface area contributed by atoms with E-state index in [1.165, 1.54) is 18.9 Å². The molecule has 1 aromatic rings. The lowest BCUT2D eigenvalue weighted by molar-refractivity contribution is 0.204. The van der Waals surface area contributed by atoms with Crippen molar-refractivity contribution in [3.63, 3.8) is 0 Å². The van der Waals surface area contributed by atoms with Gasteiger partial charge in [-0.3, -0.25) is 4.90 Å². The van der Waals surface area contributed by atoms with Crippen molar-refractivity contribution < 1.29 is 4.39 Å². The lowest BCUT2D eigenvalue weighted by Crippen LogP contribution is -2.32. The van der Waals surface area contributed by atoms with E-state index in [2.05, 4.69) is 18.7 Å². The zero-order chi connectivity index (χ0) is 14.0. The Bertz CT molecular complexity index is 469. The lowest BCUT2D eigenvalue weighted by atomic mass is 10.1. The molecule has 1 aromatic carbocycles. The molecule has 4 heteroatoms. The average Bonchev–Trinajstić information content (AvgIpc) is 3.14. The Balaban J connectivity index is 2.11. The lowest BCUT2D eigenvalue weighted by Gasteiger charge is -2.26. The van der Waals surface area contributed by atoms with E-state index in [1.54, 1.807) is 6.07 Å². The van der Waals surface area contributed by atoms with Crippen molar-refractivity contribution in [1.29, 1.82) is 0 Å². The highest BCUT2D eigenvalue weighted by atomic mass is 32.1. The van der Waals surface area contributed by atoms with Crippen LogP contribution in [0.4, 0.5) is 4.39 Å². The molecule has 2 nitrogen and oxygen atoms in total. The Labute approximate surface area is 119 Å². The summed E-state index contributed by atoms with van der Waals surface area (Å²) in [5, 5.41) is 0. The molecule has 104 valence electrons. The topological polar surface area (TPSA) is 29.3 Å². The summed E-state index contributed by atoms with van der Waals surface area (Å²) in [4.78, 5) is 2.55. The predicted molar refractivity (Wildman–Crippen MR) is 80.6 cm³/mol.